The molecule has 5 nitrogen and oxygen atoms in total. The number of carbonyl (C=O) groups is 1. The van der Waals surface area contributed by atoms with Crippen LogP contribution in [-0.2, 0) is 27.1 Å². The van der Waals surface area contributed by atoms with Gasteiger partial charge < -0.3 is 19.3 Å². The second-order valence-corrected chi connectivity index (χ2v) is 17.1. The number of hydrogen-bond donors (Lipinski definition) is 0. The molecule has 4 fully saturated rings. The number of nitrogens with zero attached hydrogens (tertiary/aromatic N) is 2. The van der Waals surface area contributed by atoms with Crippen molar-refractivity contribution < 1.29 is 14.3 Å². The predicted molar refractivity (Wildman–Crippen MR) is 222 cm³/mol. The Hall–Kier alpha value is -3.93. The number of ketones is 1. The molecule has 2 aliphatic heterocycles. The average molecular weight is 725 g/mol. The van der Waals surface area contributed by atoms with Gasteiger partial charge in [0.05, 0.1) is 24.4 Å². The Bertz CT molecular complexity index is 1700. The van der Waals surface area contributed by atoms with E-state index >= 15 is 0 Å². The first-order chi connectivity index (χ1) is 26.4. The van der Waals surface area contributed by atoms with E-state index in [2.05, 4.69) is 135 Å². The minimum atomic E-state index is 0.241. The van der Waals surface area contributed by atoms with Crippen LogP contribution in [-0.4, -0.2) is 43.3 Å². The molecule has 0 aromatic heterocycles. The van der Waals surface area contributed by atoms with Crippen LogP contribution in [0.4, 0.5) is 22.7 Å². The van der Waals surface area contributed by atoms with Crippen LogP contribution in [0.25, 0.3) is 0 Å². The minimum absolute atomic E-state index is 0.241. The summed E-state index contributed by atoms with van der Waals surface area (Å²) < 4.78 is 12.0. The third-order valence-corrected chi connectivity index (χ3v) is 12.7. The molecule has 2 heterocycles. The zero-order chi connectivity index (χ0) is 37.2. The summed E-state index contributed by atoms with van der Waals surface area (Å²) in [4.78, 5) is 18.2. The van der Waals surface area contributed by atoms with Crippen LogP contribution in [0.2, 0.25) is 0 Å². The number of fused-ring (bicyclic) bond motifs is 2. The van der Waals surface area contributed by atoms with Gasteiger partial charge in [-0.2, -0.15) is 0 Å². The van der Waals surface area contributed by atoms with Gasteiger partial charge in [0.15, 0.2) is 0 Å². The van der Waals surface area contributed by atoms with Crippen LogP contribution in [0.15, 0.2) is 97.1 Å². The maximum atomic E-state index is 13.3. The highest BCUT2D eigenvalue weighted by Crippen LogP contribution is 2.49. The fourth-order valence-electron chi connectivity index (χ4n) is 9.53. The molecule has 0 amide bonds. The monoisotopic (exact) mass is 724 g/mol. The number of anilines is 4. The number of epoxide rings is 2. The van der Waals surface area contributed by atoms with Gasteiger partial charge in [-0.3, -0.25) is 4.79 Å². The quantitative estimate of drug-likeness (QED) is 0.108. The van der Waals surface area contributed by atoms with Crippen molar-refractivity contribution in [1.82, 2.24) is 0 Å². The van der Waals surface area contributed by atoms with Gasteiger partial charge in [0.1, 0.15) is 5.78 Å². The normalized spacial score (nSPS) is 26.7. The lowest BCUT2D eigenvalue weighted by Crippen LogP contribution is -2.21. The Morgan fingerprint density at radius 1 is 0.537 bits per heavy atom. The van der Waals surface area contributed by atoms with Crippen molar-refractivity contribution in [1.29, 1.82) is 0 Å². The van der Waals surface area contributed by atoms with Crippen molar-refractivity contribution >= 4 is 28.5 Å². The maximum absolute atomic E-state index is 13.3. The van der Waals surface area contributed by atoms with Crippen molar-refractivity contribution in [2.45, 2.75) is 128 Å². The number of hydrogen-bond acceptors (Lipinski definition) is 5. The average Bonchev–Trinajstić information content (AvgIpc) is 4.12. The second-order valence-electron chi connectivity index (χ2n) is 17.1. The van der Waals surface area contributed by atoms with E-state index in [-0.39, 0.29) is 5.78 Å². The zero-order valence-corrected chi connectivity index (χ0v) is 33.0. The first-order valence-electron chi connectivity index (χ1n) is 21.1. The Morgan fingerprint density at radius 3 is 1.24 bits per heavy atom. The van der Waals surface area contributed by atoms with Crippen molar-refractivity contribution in [2.75, 3.05) is 22.9 Å². The van der Waals surface area contributed by atoms with Gasteiger partial charge >= 0.3 is 0 Å². The first-order valence-corrected chi connectivity index (χ1v) is 21.1. The first kappa shape index (κ1) is 37.0. The molecule has 8 atom stereocenters. The highest BCUT2D eigenvalue weighted by molar-refractivity contribution is 5.83. The third kappa shape index (κ3) is 8.48. The molecule has 0 N–H and O–H groups in total. The van der Waals surface area contributed by atoms with Gasteiger partial charge in [0.25, 0.3) is 0 Å². The smallest absolute Gasteiger partial charge is 0.141 e. The molecule has 0 radical (unpaired) electrons. The number of unbranched alkanes of at least 4 members (excludes halogenated alkanes) is 2. The summed E-state index contributed by atoms with van der Waals surface area (Å²) in [5.74, 6) is 2.73. The van der Waals surface area contributed by atoms with Gasteiger partial charge in [0, 0.05) is 60.5 Å². The van der Waals surface area contributed by atoms with E-state index in [0.717, 1.165) is 61.7 Å². The topological polar surface area (TPSA) is 48.6 Å². The Morgan fingerprint density at radius 2 is 0.889 bits per heavy atom. The number of rotatable bonds is 16. The Labute approximate surface area is 324 Å². The summed E-state index contributed by atoms with van der Waals surface area (Å²) in [5, 5.41) is 0. The molecule has 2 saturated heterocycles. The lowest BCUT2D eigenvalue weighted by atomic mass is 9.79. The highest BCUT2D eigenvalue weighted by Gasteiger charge is 2.50. The van der Waals surface area contributed by atoms with Crippen LogP contribution in [0.1, 0.15) is 113 Å². The predicted octanol–water partition coefficient (Wildman–Crippen LogP) is 11.5. The largest absolute Gasteiger partial charge is 0.369 e. The Kier molecular flexibility index (Phi) is 11.3. The van der Waals surface area contributed by atoms with E-state index in [4.69, 9.17) is 9.47 Å². The third-order valence-electron chi connectivity index (χ3n) is 12.7. The number of carbonyl (C=O) groups excluding carboxylic acids is 1. The van der Waals surface area contributed by atoms with Gasteiger partial charge in [0.2, 0.25) is 0 Å². The number of Topliss-reactive ketones (excluding diaryl/α,β-unsaturated/α-hetero) is 1. The van der Waals surface area contributed by atoms with E-state index < -0.39 is 0 Å². The molecule has 0 bridgehead atoms. The molecule has 4 aromatic rings. The molecule has 8 unspecified atom stereocenters. The molecule has 4 aromatic carbocycles. The lowest BCUT2D eigenvalue weighted by Gasteiger charge is -2.27. The second kappa shape index (κ2) is 16.4. The van der Waals surface area contributed by atoms with E-state index in [9.17, 15) is 4.79 Å². The van der Waals surface area contributed by atoms with E-state index in [0.29, 0.717) is 49.1 Å². The molecular weight excluding hydrogens is 665 g/mol. The van der Waals surface area contributed by atoms with Crippen LogP contribution < -0.4 is 9.80 Å². The maximum Gasteiger partial charge on any atom is 0.141 e. The number of benzene rings is 4. The van der Waals surface area contributed by atoms with Crippen LogP contribution in [0.3, 0.4) is 0 Å². The van der Waals surface area contributed by atoms with E-state index in [1.54, 1.807) is 0 Å². The standard InChI is InChI=1S/C49H60N2O3/c1-5-7-25-50(41-21-13-37(14-22-41)44-27-33(3)29-46-48(44)53-46)39-17-9-35(10-18-39)31-43(52)32-36-11-19-40(20-12-36)51(26-8-6-2)42-23-15-38(16-24-42)45-28-34(4)30-47-49(45)54-47/h9-24,33-34,44-49H,5-8,25-32H2,1-4H3. The highest BCUT2D eigenvalue weighted by atomic mass is 16.6. The Balaban J connectivity index is 0.884. The fourth-order valence-corrected chi connectivity index (χ4v) is 9.53. The summed E-state index contributed by atoms with van der Waals surface area (Å²) in [6.07, 6.45) is 12.1. The molecule has 284 valence electrons. The van der Waals surface area contributed by atoms with Crippen LogP contribution in [0, 0.1) is 11.8 Å². The fraction of sp³-hybridized carbons (Fsp3) is 0.490. The van der Waals surface area contributed by atoms with Crippen LogP contribution >= 0.6 is 0 Å². The summed E-state index contributed by atoms with van der Waals surface area (Å²) >= 11 is 0. The lowest BCUT2D eigenvalue weighted by molar-refractivity contribution is -0.117. The van der Waals surface area contributed by atoms with E-state index in [1.165, 1.54) is 59.6 Å². The molecule has 54 heavy (non-hydrogen) atoms. The van der Waals surface area contributed by atoms with Crippen molar-refractivity contribution in [3.63, 3.8) is 0 Å². The summed E-state index contributed by atoms with van der Waals surface area (Å²) in [5.41, 5.74) is 9.76. The summed E-state index contributed by atoms with van der Waals surface area (Å²) in [6, 6.07) is 35.8. The molecule has 2 saturated carbocycles. The van der Waals surface area contributed by atoms with Crippen molar-refractivity contribution in [2.24, 2.45) is 11.8 Å². The van der Waals surface area contributed by atoms with Gasteiger partial charge in [-0.15, -0.1) is 0 Å². The molecule has 8 rings (SSSR count). The molecule has 0 spiro atoms. The SMILES string of the molecule is CCCCN(c1ccc(CC(=O)Cc2ccc(N(CCCC)c3ccc(C4CC(C)CC5OC54)cc3)cc2)cc1)c1ccc(C2CC(C)CC3OC32)cc1. The van der Waals surface area contributed by atoms with E-state index in [1.807, 2.05) is 0 Å². The van der Waals surface area contributed by atoms with Gasteiger partial charge in [-0.1, -0.05) is 89.1 Å². The molecule has 4 aliphatic rings. The molecule has 5 heteroatoms. The van der Waals surface area contributed by atoms with Crippen molar-refractivity contribution in [3.8, 4) is 0 Å². The zero-order valence-electron chi connectivity index (χ0n) is 33.0. The van der Waals surface area contributed by atoms with Gasteiger partial charge in [-0.05, 0) is 121 Å². The van der Waals surface area contributed by atoms with Crippen LogP contribution in [0.5, 0.6) is 0 Å². The van der Waals surface area contributed by atoms with Crippen molar-refractivity contribution in [3.05, 3.63) is 119 Å². The van der Waals surface area contributed by atoms with Gasteiger partial charge in [-0.25, -0.2) is 0 Å². The minimum Gasteiger partial charge on any atom is -0.369 e. The summed E-state index contributed by atoms with van der Waals surface area (Å²) in [6.45, 7) is 11.1. The summed E-state index contributed by atoms with van der Waals surface area (Å²) in [7, 11) is 0. The molecule has 2 aliphatic carbocycles. The molecular formula is C49H60N2O3. The number of ether oxygens (including phenoxy) is 2.